The molecule has 0 amide bonds. The van der Waals surface area contributed by atoms with Crippen LogP contribution in [0.5, 0.6) is 5.88 Å². The first kappa shape index (κ1) is 17.2. The summed E-state index contributed by atoms with van der Waals surface area (Å²) in [4.78, 5) is 13.4. The van der Waals surface area contributed by atoms with Crippen molar-refractivity contribution in [1.29, 1.82) is 0 Å². The molecular weight excluding hydrogens is 344 g/mol. The zero-order chi connectivity index (χ0) is 17.9. The van der Waals surface area contributed by atoms with Gasteiger partial charge in [0.2, 0.25) is 5.88 Å². The number of hydrogen-bond acceptors (Lipinski definition) is 6. The van der Waals surface area contributed by atoms with Crippen LogP contribution in [0.3, 0.4) is 0 Å². The minimum absolute atomic E-state index is 0.452. The van der Waals surface area contributed by atoms with E-state index in [1.807, 2.05) is 17.4 Å². The number of fused-ring (bicyclic) bond motifs is 1. The van der Waals surface area contributed by atoms with E-state index in [1.54, 1.807) is 13.4 Å². The maximum absolute atomic E-state index is 5.24. The van der Waals surface area contributed by atoms with Crippen LogP contribution in [-0.2, 0) is 6.54 Å². The van der Waals surface area contributed by atoms with Gasteiger partial charge in [0.25, 0.3) is 0 Å². The number of rotatable bonds is 5. The Labute approximate surface area is 158 Å². The Balaban J connectivity index is 1.47. The lowest BCUT2D eigenvalue weighted by Gasteiger charge is -2.38. The van der Waals surface area contributed by atoms with E-state index in [0.717, 1.165) is 25.5 Å². The normalized spacial score (nSPS) is 18.2. The van der Waals surface area contributed by atoms with Crippen LogP contribution in [-0.4, -0.2) is 48.2 Å². The number of benzene rings is 1. The van der Waals surface area contributed by atoms with Gasteiger partial charge in [0.1, 0.15) is 12.1 Å². The molecule has 26 heavy (non-hydrogen) atoms. The van der Waals surface area contributed by atoms with Crippen molar-refractivity contribution in [2.24, 2.45) is 0 Å². The Morgan fingerprint density at radius 1 is 1.31 bits per heavy atom. The number of aromatic nitrogens is 2. The van der Waals surface area contributed by atoms with Crippen LogP contribution in [0.15, 0.2) is 42.0 Å². The van der Waals surface area contributed by atoms with Gasteiger partial charge in [-0.05, 0) is 41.8 Å². The molecule has 0 aliphatic carbocycles. The number of likely N-dealkylation sites (tertiary alicyclic amines) is 1. The quantitative estimate of drug-likeness (QED) is 0.685. The van der Waals surface area contributed by atoms with Crippen LogP contribution in [0.2, 0.25) is 0 Å². The van der Waals surface area contributed by atoms with Gasteiger partial charge in [0, 0.05) is 36.9 Å². The predicted molar refractivity (Wildman–Crippen MR) is 107 cm³/mol. The molecule has 4 rings (SSSR count). The number of anilines is 1. The minimum Gasteiger partial charge on any atom is -0.481 e. The number of ether oxygens (including phenoxy) is 1. The number of hydrogen-bond donors (Lipinski definition) is 0. The summed E-state index contributed by atoms with van der Waals surface area (Å²) >= 11 is 1.84. The third-order valence-electron chi connectivity index (χ3n) is 5.18. The van der Waals surface area contributed by atoms with Gasteiger partial charge < -0.3 is 9.64 Å². The molecule has 3 aromatic rings. The molecule has 1 atom stereocenters. The van der Waals surface area contributed by atoms with Gasteiger partial charge in [-0.2, -0.15) is 0 Å². The smallest absolute Gasteiger partial charge is 0.218 e. The highest BCUT2D eigenvalue weighted by Gasteiger charge is 2.25. The topological polar surface area (TPSA) is 41.5 Å². The van der Waals surface area contributed by atoms with Crippen LogP contribution in [0.4, 0.5) is 5.82 Å². The lowest BCUT2D eigenvalue weighted by molar-refractivity contribution is 0.199. The number of thiophene rings is 1. The fraction of sp³-hybridized carbons (Fsp3) is 0.400. The van der Waals surface area contributed by atoms with Gasteiger partial charge in [0.15, 0.2) is 0 Å². The Morgan fingerprint density at radius 2 is 2.19 bits per heavy atom. The Kier molecular flexibility index (Phi) is 5.04. The maximum atomic E-state index is 5.24. The Hall–Kier alpha value is -2.18. The van der Waals surface area contributed by atoms with Gasteiger partial charge in [0.05, 0.1) is 7.11 Å². The molecular formula is C20H24N4OS. The molecule has 0 saturated carbocycles. The van der Waals surface area contributed by atoms with E-state index in [4.69, 9.17) is 4.74 Å². The molecule has 1 saturated heterocycles. The van der Waals surface area contributed by atoms with Crippen molar-refractivity contribution in [2.75, 3.05) is 32.1 Å². The van der Waals surface area contributed by atoms with Crippen LogP contribution in [0, 0.1) is 0 Å². The summed E-state index contributed by atoms with van der Waals surface area (Å²) in [5, 5.41) is 3.71. The molecule has 2 aromatic heterocycles. The third kappa shape index (κ3) is 3.52. The minimum atomic E-state index is 0.452. The molecule has 5 nitrogen and oxygen atoms in total. The SMILES string of the molecule is COc1cc(N(C)C2CCCN(Cc3csc4ccccc34)C2)ncn1. The lowest BCUT2D eigenvalue weighted by atomic mass is 10.0. The first-order valence-electron chi connectivity index (χ1n) is 9.01. The van der Waals surface area contributed by atoms with Crippen molar-refractivity contribution in [3.8, 4) is 5.88 Å². The van der Waals surface area contributed by atoms with Gasteiger partial charge >= 0.3 is 0 Å². The van der Waals surface area contributed by atoms with Gasteiger partial charge in [-0.1, -0.05) is 18.2 Å². The molecule has 6 heteroatoms. The maximum Gasteiger partial charge on any atom is 0.218 e. The van der Waals surface area contributed by atoms with Gasteiger partial charge in [-0.25, -0.2) is 9.97 Å². The molecule has 0 bridgehead atoms. The van der Waals surface area contributed by atoms with E-state index in [-0.39, 0.29) is 0 Å². The van der Waals surface area contributed by atoms with Gasteiger partial charge in [-0.15, -0.1) is 11.3 Å². The number of piperidine rings is 1. The van der Waals surface area contributed by atoms with Crippen molar-refractivity contribution in [3.05, 3.63) is 47.6 Å². The summed E-state index contributed by atoms with van der Waals surface area (Å²) in [5.74, 6) is 1.53. The highest BCUT2D eigenvalue weighted by molar-refractivity contribution is 7.17. The summed E-state index contributed by atoms with van der Waals surface area (Å²) in [5.41, 5.74) is 1.44. The molecule has 3 heterocycles. The molecule has 1 aliphatic rings. The molecule has 1 unspecified atom stereocenters. The standard InChI is InChI=1S/C20H24N4OS/c1-23(19-10-20(25-2)22-14-21-19)16-6-5-9-24(12-16)11-15-13-26-18-8-4-3-7-17(15)18/h3-4,7-8,10,13-14,16H,5-6,9,11-12H2,1-2H3. The van der Waals surface area contributed by atoms with Crippen LogP contribution >= 0.6 is 11.3 Å². The Morgan fingerprint density at radius 3 is 3.08 bits per heavy atom. The van der Waals surface area contributed by atoms with Crippen molar-refractivity contribution in [1.82, 2.24) is 14.9 Å². The largest absolute Gasteiger partial charge is 0.481 e. The Bertz CT molecular complexity index is 881. The number of nitrogens with zero attached hydrogens (tertiary/aromatic N) is 4. The van der Waals surface area contributed by atoms with Crippen LogP contribution in [0.1, 0.15) is 18.4 Å². The highest BCUT2D eigenvalue weighted by Crippen LogP contribution is 2.28. The van der Waals surface area contributed by atoms with Crippen LogP contribution in [0.25, 0.3) is 10.1 Å². The van der Waals surface area contributed by atoms with Crippen LogP contribution < -0.4 is 9.64 Å². The second-order valence-corrected chi connectivity index (χ2v) is 7.73. The van der Waals surface area contributed by atoms with E-state index in [9.17, 15) is 0 Å². The summed E-state index contributed by atoms with van der Waals surface area (Å²) in [6.07, 6.45) is 3.96. The van der Waals surface area contributed by atoms with Crippen molar-refractivity contribution < 1.29 is 4.74 Å². The zero-order valence-electron chi connectivity index (χ0n) is 15.3. The zero-order valence-corrected chi connectivity index (χ0v) is 16.1. The van der Waals surface area contributed by atoms with Crippen molar-refractivity contribution in [3.63, 3.8) is 0 Å². The number of likely N-dealkylation sites (N-methyl/N-ethyl adjacent to an activating group) is 1. The third-order valence-corrected chi connectivity index (χ3v) is 6.19. The summed E-state index contributed by atoms with van der Waals surface area (Å²) in [6.45, 7) is 3.22. The monoisotopic (exact) mass is 368 g/mol. The molecule has 1 aromatic carbocycles. The van der Waals surface area contributed by atoms with E-state index < -0.39 is 0 Å². The lowest BCUT2D eigenvalue weighted by Crippen LogP contribution is -2.46. The second-order valence-electron chi connectivity index (χ2n) is 6.82. The van der Waals surface area contributed by atoms with Crippen molar-refractivity contribution in [2.45, 2.75) is 25.4 Å². The van der Waals surface area contributed by atoms with Gasteiger partial charge in [-0.3, -0.25) is 4.90 Å². The van der Waals surface area contributed by atoms with E-state index in [0.29, 0.717) is 11.9 Å². The average Bonchev–Trinajstić information content (AvgIpc) is 3.10. The number of methoxy groups -OCH3 is 1. The summed E-state index contributed by atoms with van der Waals surface area (Å²) in [7, 11) is 3.76. The fourth-order valence-corrected chi connectivity index (χ4v) is 4.66. The molecule has 0 radical (unpaired) electrons. The fourth-order valence-electron chi connectivity index (χ4n) is 3.71. The van der Waals surface area contributed by atoms with E-state index >= 15 is 0 Å². The molecule has 136 valence electrons. The van der Waals surface area contributed by atoms with Crippen molar-refractivity contribution >= 4 is 27.2 Å². The first-order chi connectivity index (χ1) is 12.7. The highest BCUT2D eigenvalue weighted by atomic mass is 32.1. The first-order valence-corrected chi connectivity index (χ1v) is 9.89. The molecule has 0 N–H and O–H groups in total. The van der Waals surface area contributed by atoms with E-state index in [1.165, 1.54) is 28.5 Å². The second kappa shape index (κ2) is 7.60. The van der Waals surface area contributed by atoms with E-state index in [2.05, 4.69) is 56.5 Å². The molecule has 1 fully saturated rings. The average molecular weight is 369 g/mol. The predicted octanol–water partition coefficient (Wildman–Crippen LogP) is 3.80. The summed E-state index contributed by atoms with van der Waals surface area (Å²) < 4.78 is 6.61. The molecule has 1 aliphatic heterocycles. The molecule has 0 spiro atoms. The summed E-state index contributed by atoms with van der Waals surface area (Å²) in [6, 6.07) is 11.1.